The van der Waals surface area contributed by atoms with Gasteiger partial charge in [-0.3, -0.25) is 4.79 Å². The van der Waals surface area contributed by atoms with Gasteiger partial charge in [0.2, 0.25) is 5.91 Å². The van der Waals surface area contributed by atoms with E-state index < -0.39 is 23.8 Å². The third-order valence-electron chi connectivity index (χ3n) is 6.42. The molecular weight excluding hydrogens is 461 g/mol. The summed E-state index contributed by atoms with van der Waals surface area (Å²) in [6, 6.07) is 5.15. The normalized spacial score (nSPS) is 16.1. The summed E-state index contributed by atoms with van der Waals surface area (Å²) >= 11 is 0. The van der Waals surface area contributed by atoms with Crippen molar-refractivity contribution in [1.82, 2.24) is 14.9 Å². The number of alkyl halides is 2. The number of hydrogen-bond acceptors (Lipinski definition) is 6. The molecule has 1 N–H and O–H groups in total. The van der Waals surface area contributed by atoms with Gasteiger partial charge in [0, 0.05) is 24.5 Å². The highest BCUT2D eigenvalue weighted by Gasteiger charge is 2.33. The largest absolute Gasteiger partial charge is 0.491 e. The quantitative estimate of drug-likeness (QED) is 0.543. The number of hydrogen-bond donors (Lipinski definition) is 1. The van der Waals surface area contributed by atoms with Gasteiger partial charge in [-0.15, -0.1) is 0 Å². The molecule has 5 rings (SSSR count). The van der Waals surface area contributed by atoms with Gasteiger partial charge in [0.15, 0.2) is 5.75 Å². The second-order valence-corrected chi connectivity index (χ2v) is 8.88. The Labute approximate surface area is 200 Å². The molecule has 1 saturated heterocycles. The molecule has 0 bridgehead atoms. The predicted octanol–water partition coefficient (Wildman–Crippen LogP) is 4.73. The van der Waals surface area contributed by atoms with E-state index in [9.17, 15) is 18.0 Å². The summed E-state index contributed by atoms with van der Waals surface area (Å²) in [5, 5.41) is 3.79. The standard InChI is InChI=1S/C25H25F3N4O3/c1-12(16-5-4-6-18(21(16)26)24(27)28)29-25-19-9-20(35-15-10-32(11-15)14(3)33)17-7-8-34-23(17)22(19)30-13(2)31-25/h4-6,9,12,15,24H,7-8,10-11H2,1-3H3,(H,29,30,31)/t12-/m1/s1. The van der Waals surface area contributed by atoms with Crippen LogP contribution < -0.4 is 14.8 Å². The molecule has 35 heavy (non-hydrogen) atoms. The van der Waals surface area contributed by atoms with E-state index in [-0.39, 0.29) is 17.6 Å². The summed E-state index contributed by atoms with van der Waals surface area (Å²) in [4.78, 5) is 22.3. The lowest BCUT2D eigenvalue weighted by Gasteiger charge is -2.38. The number of carbonyl (C=O) groups is 1. The Kier molecular flexibility index (Phi) is 5.90. The van der Waals surface area contributed by atoms with E-state index in [0.717, 1.165) is 11.6 Å². The molecule has 0 spiro atoms. The lowest BCUT2D eigenvalue weighted by atomic mass is 10.0. The first-order valence-corrected chi connectivity index (χ1v) is 11.4. The average molecular weight is 486 g/mol. The van der Waals surface area contributed by atoms with Crippen LogP contribution in [0.4, 0.5) is 19.0 Å². The van der Waals surface area contributed by atoms with Gasteiger partial charge < -0.3 is 19.7 Å². The number of aromatic nitrogens is 2. The number of anilines is 1. The van der Waals surface area contributed by atoms with Gasteiger partial charge in [0.1, 0.15) is 34.8 Å². The van der Waals surface area contributed by atoms with Crippen LogP contribution in [0.2, 0.25) is 0 Å². The first kappa shape index (κ1) is 23.2. The van der Waals surface area contributed by atoms with Crippen LogP contribution in [-0.2, 0) is 11.2 Å². The van der Waals surface area contributed by atoms with Gasteiger partial charge in [-0.1, -0.05) is 18.2 Å². The summed E-state index contributed by atoms with van der Waals surface area (Å²) in [6.45, 7) is 6.45. The maximum atomic E-state index is 14.8. The molecule has 3 heterocycles. The number of likely N-dealkylation sites (tertiary alicyclic amines) is 1. The van der Waals surface area contributed by atoms with Crippen molar-refractivity contribution >= 4 is 22.6 Å². The highest BCUT2D eigenvalue weighted by atomic mass is 19.3. The van der Waals surface area contributed by atoms with Crippen LogP contribution in [0.15, 0.2) is 24.3 Å². The molecule has 1 amide bonds. The molecule has 7 nitrogen and oxygen atoms in total. The number of nitrogens with one attached hydrogen (secondary N) is 1. The molecule has 0 radical (unpaired) electrons. The van der Waals surface area contributed by atoms with E-state index >= 15 is 0 Å². The summed E-state index contributed by atoms with van der Waals surface area (Å²) in [7, 11) is 0. The Hall–Kier alpha value is -3.56. The number of halogens is 3. The second kappa shape index (κ2) is 8.90. The van der Waals surface area contributed by atoms with Gasteiger partial charge in [-0.05, 0) is 19.9 Å². The zero-order valence-corrected chi connectivity index (χ0v) is 19.6. The van der Waals surface area contributed by atoms with Crippen LogP contribution >= 0.6 is 0 Å². The first-order chi connectivity index (χ1) is 16.7. The maximum absolute atomic E-state index is 14.8. The Morgan fingerprint density at radius 3 is 2.71 bits per heavy atom. The van der Waals surface area contributed by atoms with Crippen molar-refractivity contribution < 1.29 is 27.4 Å². The van der Waals surface area contributed by atoms with Gasteiger partial charge >= 0.3 is 0 Å². The highest BCUT2D eigenvalue weighted by molar-refractivity contribution is 5.96. The number of ether oxygens (including phenoxy) is 2. The number of nitrogens with zero attached hydrogens (tertiary/aromatic N) is 3. The van der Waals surface area contributed by atoms with Gasteiger partial charge in [-0.2, -0.15) is 0 Å². The number of aryl methyl sites for hydroxylation is 1. The molecule has 184 valence electrons. The molecule has 2 aliphatic rings. The number of carbonyl (C=O) groups excluding carboxylic acids is 1. The van der Waals surface area contributed by atoms with Gasteiger partial charge in [-0.25, -0.2) is 23.1 Å². The van der Waals surface area contributed by atoms with E-state index in [1.807, 2.05) is 6.07 Å². The minimum atomic E-state index is -2.91. The molecule has 1 atom stereocenters. The summed E-state index contributed by atoms with van der Waals surface area (Å²) in [6.07, 6.45) is -2.37. The first-order valence-electron chi connectivity index (χ1n) is 11.4. The fourth-order valence-corrected chi connectivity index (χ4v) is 4.53. The molecule has 10 heteroatoms. The summed E-state index contributed by atoms with van der Waals surface area (Å²) < 4.78 is 53.3. The van der Waals surface area contributed by atoms with Crippen LogP contribution in [0.25, 0.3) is 10.9 Å². The van der Waals surface area contributed by atoms with Crippen molar-refractivity contribution in [2.24, 2.45) is 0 Å². The fourth-order valence-electron chi connectivity index (χ4n) is 4.53. The molecule has 1 fully saturated rings. The lowest BCUT2D eigenvalue weighted by Crippen LogP contribution is -2.55. The smallest absolute Gasteiger partial charge is 0.266 e. The van der Waals surface area contributed by atoms with E-state index in [1.54, 1.807) is 18.7 Å². The van der Waals surface area contributed by atoms with Crippen molar-refractivity contribution in [1.29, 1.82) is 0 Å². The molecule has 0 saturated carbocycles. The Bertz CT molecular complexity index is 1310. The number of fused-ring (bicyclic) bond motifs is 3. The zero-order chi connectivity index (χ0) is 24.9. The molecule has 3 aromatic rings. The average Bonchev–Trinajstić information content (AvgIpc) is 3.26. The van der Waals surface area contributed by atoms with E-state index in [4.69, 9.17) is 9.47 Å². The Balaban J connectivity index is 1.51. The number of benzene rings is 2. The van der Waals surface area contributed by atoms with Crippen molar-refractivity contribution in [3.8, 4) is 11.5 Å². The predicted molar refractivity (Wildman–Crippen MR) is 124 cm³/mol. The monoisotopic (exact) mass is 486 g/mol. The molecule has 0 unspecified atom stereocenters. The van der Waals surface area contributed by atoms with Crippen LogP contribution in [0.3, 0.4) is 0 Å². The molecule has 0 aliphatic carbocycles. The fraction of sp³-hybridized carbons (Fsp3) is 0.400. The van der Waals surface area contributed by atoms with Gasteiger partial charge in [0.25, 0.3) is 6.43 Å². The molecule has 2 aliphatic heterocycles. The maximum Gasteiger partial charge on any atom is 0.266 e. The number of amides is 1. The van der Waals surface area contributed by atoms with Crippen molar-refractivity contribution in [2.75, 3.05) is 25.0 Å². The Morgan fingerprint density at radius 1 is 1.26 bits per heavy atom. The zero-order valence-electron chi connectivity index (χ0n) is 19.6. The van der Waals surface area contributed by atoms with Crippen LogP contribution in [0.1, 0.15) is 48.8 Å². The summed E-state index contributed by atoms with van der Waals surface area (Å²) in [5.41, 5.74) is 0.987. The van der Waals surface area contributed by atoms with Crippen LogP contribution in [0, 0.1) is 12.7 Å². The van der Waals surface area contributed by atoms with Crippen LogP contribution in [0.5, 0.6) is 11.5 Å². The van der Waals surface area contributed by atoms with Crippen molar-refractivity contribution in [3.05, 3.63) is 52.6 Å². The molecule has 1 aromatic heterocycles. The van der Waals surface area contributed by atoms with Crippen molar-refractivity contribution in [3.63, 3.8) is 0 Å². The molecular formula is C25H25F3N4O3. The lowest BCUT2D eigenvalue weighted by molar-refractivity contribution is -0.137. The third-order valence-corrected chi connectivity index (χ3v) is 6.42. The van der Waals surface area contributed by atoms with Gasteiger partial charge in [0.05, 0.1) is 36.7 Å². The van der Waals surface area contributed by atoms with Crippen molar-refractivity contribution in [2.45, 2.75) is 45.8 Å². The third kappa shape index (κ3) is 4.21. The van der Waals surface area contributed by atoms with E-state index in [1.165, 1.54) is 19.1 Å². The van der Waals surface area contributed by atoms with E-state index in [0.29, 0.717) is 60.2 Å². The van der Waals surface area contributed by atoms with E-state index in [2.05, 4.69) is 15.3 Å². The SMILES string of the molecule is CC(=O)N1CC(Oc2cc3c(N[C@H](C)c4cccc(C(F)F)c4F)nc(C)nc3c3c2CCO3)C1. The second-order valence-electron chi connectivity index (χ2n) is 8.88. The molecule has 2 aromatic carbocycles. The van der Waals surface area contributed by atoms with Crippen LogP contribution in [-0.4, -0.2) is 46.6 Å². The summed E-state index contributed by atoms with van der Waals surface area (Å²) in [5.74, 6) is 1.22. The topological polar surface area (TPSA) is 76.6 Å². The highest BCUT2D eigenvalue weighted by Crippen LogP contribution is 2.43. The number of rotatable bonds is 6. The minimum absolute atomic E-state index is 0.00409. The minimum Gasteiger partial charge on any atom is -0.491 e. The Morgan fingerprint density at radius 2 is 2.00 bits per heavy atom.